The zero-order valence-electron chi connectivity index (χ0n) is 13.8. The van der Waals surface area contributed by atoms with Crippen molar-refractivity contribution in [2.24, 2.45) is 11.0 Å². The number of nitrogens with zero attached hydrogens (tertiary/aromatic N) is 2. The molecule has 1 aromatic carbocycles. The molecule has 2 amide bonds. The fourth-order valence-electron chi connectivity index (χ4n) is 3.36. The molecule has 0 saturated carbocycles. The third kappa shape index (κ3) is 3.07. The van der Waals surface area contributed by atoms with Crippen LogP contribution in [0, 0.1) is 5.92 Å². The van der Waals surface area contributed by atoms with Crippen molar-refractivity contribution in [3.63, 3.8) is 0 Å². The van der Waals surface area contributed by atoms with Crippen LogP contribution in [0.15, 0.2) is 28.8 Å². The first-order valence-corrected chi connectivity index (χ1v) is 9.23. The Labute approximate surface area is 149 Å². The van der Waals surface area contributed by atoms with Gasteiger partial charge in [-0.25, -0.2) is 10.4 Å². The van der Waals surface area contributed by atoms with Crippen molar-refractivity contribution >= 4 is 34.6 Å². The fourth-order valence-corrected chi connectivity index (χ4v) is 4.02. The molecule has 0 fully saturated rings. The average molecular weight is 354 g/mol. The Morgan fingerprint density at radius 3 is 2.84 bits per heavy atom. The summed E-state index contributed by atoms with van der Waals surface area (Å²) in [6.45, 7) is 2.01. The van der Waals surface area contributed by atoms with Crippen LogP contribution in [0.5, 0.6) is 0 Å². The molecule has 6 nitrogen and oxygen atoms in total. The molecule has 1 aromatic heterocycles. The summed E-state index contributed by atoms with van der Waals surface area (Å²) in [5.74, 6) is 0.0367. The van der Waals surface area contributed by atoms with Crippen LogP contribution in [0.3, 0.4) is 0 Å². The summed E-state index contributed by atoms with van der Waals surface area (Å²) in [6, 6.07) is 4.11. The number of benzene rings is 1. The monoisotopic (exact) mass is 354 g/mol. The normalized spacial score (nSPS) is 20.2. The number of fused-ring (bicyclic) bond motifs is 1. The van der Waals surface area contributed by atoms with Crippen LogP contribution in [-0.2, 0) is 16.0 Å². The number of thiazole rings is 1. The first-order chi connectivity index (χ1) is 12.1. The topological polar surface area (TPSA) is 83.4 Å². The van der Waals surface area contributed by atoms with E-state index in [1.54, 1.807) is 17.5 Å². The lowest BCUT2D eigenvalue weighted by molar-refractivity contribution is -0.122. The van der Waals surface area contributed by atoms with Gasteiger partial charge in [-0.3, -0.25) is 9.59 Å². The Hall–Kier alpha value is -2.54. The lowest BCUT2D eigenvalue weighted by atomic mass is 9.90. The Kier molecular flexibility index (Phi) is 4.09. The predicted molar refractivity (Wildman–Crippen MR) is 97.6 cm³/mol. The molecule has 25 heavy (non-hydrogen) atoms. The van der Waals surface area contributed by atoms with E-state index in [4.69, 9.17) is 0 Å². The Balaban J connectivity index is 1.87. The van der Waals surface area contributed by atoms with Crippen LogP contribution >= 0.6 is 11.3 Å². The van der Waals surface area contributed by atoms with Gasteiger partial charge in [-0.1, -0.05) is 6.92 Å². The van der Waals surface area contributed by atoms with Gasteiger partial charge in [0.2, 0.25) is 11.8 Å². The molecule has 7 heteroatoms. The molecule has 4 rings (SSSR count). The van der Waals surface area contributed by atoms with Crippen molar-refractivity contribution in [1.82, 2.24) is 10.4 Å². The second kappa shape index (κ2) is 6.40. The standard InChI is InChI=1S/C18H18N4O2S/c1-10-7-15(24)21-22-16(10)12-8-11-3-2-4-14(23)20-17(11)13(9-12)18-19-5-6-25-18/h5-6,8-10H,2-4,7H2,1H3,(H,20,23)(H,21,24). The van der Waals surface area contributed by atoms with Crippen molar-refractivity contribution < 1.29 is 9.59 Å². The third-order valence-electron chi connectivity index (χ3n) is 4.55. The Morgan fingerprint density at radius 2 is 2.08 bits per heavy atom. The maximum Gasteiger partial charge on any atom is 0.240 e. The molecule has 0 aliphatic carbocycles. The number of aromatic nitrogens is 1. The van der Waals surface area contributed by atoms with Gasteiger partial charge in [0.1, 0.15) is 5.01 Å². The number of carbonyl (C=O) groups excluding carboxylic acids is 2. The molecule has 2 aliphatic heterocycles. The number of aryl methyl sites for hydroxylation is 1. The average Bonchev–Trinajstić information content (AvgIpc) is 3.03. The molecule has 128 valence electrons. The van der Waals surface area contributed by atoms with Crippen molar-refractivity contribution in [3.8, 4) is 10.6 Å². The zero-order chi connectivity index (χ0) is 17.4. The maximum atomic E-state index is 12.0. The fraction of sp³-hybridized carbons (Fsp3) is 0.333. The smallest absolute Gasteiger partial charge is 0.240 e. The van der Waals surface area contributed by atoms with E-state index < -0.39 is 0 Å². The van der Waals surface area contributed by atoms with Crippen molar-refractivity contribution in [2.75, 3.05) is 5.32 Å². The number of rotatable bonds is 2. The van der Waals surface area contributed by atoms with E-state index in [-0.39, 0.29) is 17.7 Å². The van der Waals surface area contributed by atoms with Gasteiger partial charge in [-0.05, 0) is 36.1 Å². The molecule has 2 aliphatic rings. The van der Waals surface area contributed by atoms with E-state index in [9.17, 15) is 9.59 Å². The molecule has 0 bridgehead atoms. The quantitative estimate of drug-likeness (QED) is 0.870. The van der Waals surface area contributed by atoms with E-state index in [2.05, 4.69) is 26.9 Å². The molecule has 0 saturated heterocycles. The van der Waals surface area contributed by atoms with Crippen molar-refractivity contribution in [1.29, 1.82) is 0 Å². The zero-order valence-corrected chi connectivity index (χ0v) is 14.7. The molecule has 0 radical (unpaired) electrons. The summed E-state index contributed by atoms with van der Waals surface area (Å²) in [4.78, 5) is 28.0. The van der Waals surface area contributed by atoms with Crippen LogP contribution in [0.2, 0.25) is 0 Å². The third-order valence-corrected chi connectivity index (χ3v) is 5.36. The van der Waals surface area contributed by atoms with Crippen LogP contribution in [-0.4, -0.2) is 22.5 Å². The van der Waals surface area contributed by atoms with Gasteiger partial charge in [0.05, 0.1) is 11.4 Å². The van der Waals surface area contributed by atoms with E-state index in [0.29, 0.717) is 12.8 Å². The predicted octanol–water partition coefficient (Wildman–Crippen LogP) is 2.95. The van der Waals surface area contributed by atoms with Gasteiger partial charge < -0.3 is 5.32 Å². The number of hydrazone groups is 1. The molecule has 1 unspecified atom stereocenters. The lowest BCUT2D eigenvalue weighted by Gasteiger charge is -2.21. The summed E-state index contributed by atoms with van der Waals surface area (Å²) in [5.41, 5.74) is 7.31. The lowest BCUT2D eigenvalue weighted by Crippen LogP contribution is -2.32. The number of anilines is 1. The van der Waals surface area contributed by atoms with Gasteiger partial charge in [-0.15, -0.1) is 11.3 Å². The Morgan fingerprint density at radius 1 is 1.20 bits per heavy atom. The van der Waals surface area contributed by atoms with Crippen molar-refractivity contribution in [2.45, 2.75) is 32.6 Å². The highest BCUT2D eigenvalue weighted by Gasteiger charge is 2.25. The Bertz CT molecular complexity index is 873. The van der Waals surface area contributed by atoms with Crippen molar-refractivity contribution in [3.05, 3.63) is 34.8 Å². The number of carbonyl (C=O) groups is 2. The number of amides is 2. The molecule has 3 heterocycles. The molecule has 1 atom stereocenters. The number of nitrogens with one attached hydrogen (secondary N) is 2. The summed E-state index contributed by atoms with van der Waals surface area (Å²) in [7, 11) is 0. The second-order valence-electron chi connectivity index (χ2n) is 6.43. The highest BCUT2D eigenvalue weighted by molar-refractivity contribution is 7.13. The summed E-state index contributed by atoms with van der Waals surface area (Å²) in [6.07, 6.45) is 4.36. The van der Waals surface area contributed by atoms with E-state index in [0.717, 1.165) is 45.9 Å². The van der Waals surface area contributed by atoms with Crippen LogP contribution in [0.4, 0.5) is 5.69 Å². The van der Waals surface area contributed by atoms with Gasteiger partial charge in [0.15, 0.2) is 0 Å². The van der Waals surface area contributed by atoms with E-state index in [1.807, 2.05) is 18.4 Å². The minimum atomic E-state index is -0.0570. The first-order valence-electron chi connectivity index (χ1n) is 8.35. The van der Waals surface area contributed by atoms with Crippen LogP contribution in [0.1, 0.15) is 37.3 Å². The van der Waals surface area contributed by atoms with Crippen LogP contribution in [0.25, 0.3) is 10.6 Å². The van der Waals surface area contributed by atoms with E-state index in [1.165, 1.54) is 0 Å². The molecule has 2 N–H and O–H groups in total. The molecular formula is C18H18N4O2S. The van der Waals surface area contributed by atoms with Gasteiger partial charge in [0.25, 0.3) is 0 Å². The SMILES string of the molecule is CC1CC(=O)NN=C1c1cc2c(c(-c3nccs3)c1)NC(=O)CCC2. The van der Waals surface area contributed by atoms with Gasteiger partial charge >= 0.3 is 0 Å². The second-order valence-corrected chi connectivity index (χ2v) is 7.33. The summed E-state index contributed by atoms with van der Waals surface area (Å²) in [5, 5.41) is 10.1. The molecular weight excluding hydrogens is 336 g/mol. The molecule has 2 aromatic rings. The number of hydrogen-bond donors (Lipinski definition) is 2. The summed E-state index contributed by atoms with van der Waals surface area (Å²) >= 11 is 1.54. The number of hydrogen-bond acceptors (Lipinski definition) is 5. The van der Waals surface area contributed by atoms with Crippen LogP contribution < -0.4 is 10.7 Å². The minimum absolute atomic E-state index is 0.0416. The largest absolute Gasteiger partial charge is 0.325 e. The molecule has 0 spiro atoms. The minimum Gasteiger partial charge on any atom is -0.325 e. The highest BCUT2D eigenvalue weighted by Crippen LogP contribution is 2.37. The highest BCUT2D eigenvalue weighted by atomic mass is 32.1. The van der Waals surface area contributed by atoms with Gasteiger partial charge in [-0.2, -0.15) is 5.10 Å². The van der Waals surface area contributed by atoms with Gasteiger partial charge in [0, 0.05) is 35.9 Å². The summed E-state index contributed by atoms with van der Waals surface area (Å²) < 4.78 is 0. The maximum absolute atomic E-state index is 12.0. The first kappa shape index (κ1) is 16.0. The van der Waals surface area contributed by atoms with E-state index >= 15 is 0 Å².